The third kappa shape index (κ3) is 2.42. The lowest BCUT2D eigenvalue weighted by Gasteiger charge is -2.27. The van der Waals surface area contributed by atoms with Crippen LogP contribution in [0.1, 0.15) is 52.0 Å². The molecule has 24 heavy (non-hydrogen) atoms. The van der Waals surface area contributed by atoms with Crippen LogP contribution < -0.4 is 0 Å². The van der Waals surface area contributed by atoms with Gasteiger partial charge in [-0.2, -0.15) is 0 Å². The van der Waals surface area contributed by atoms with Crippen molar-refractivity contribution in [2.24, 2.45) is 17.8 Å². The fourth-order valence-electron chi connectivity index (χ4n) is 3.97. The van der Waals surface area contributed by atoms with E-state index in [1.807, 2.05) is 6.07 Å². The maximum atomic E-state index is 11.7. The Kier molecular flexibility index (Phi) is 3.48. The zero-order chi connectivity index (χ0) is 16.8. The van der Waals surface area contributed by atoms with Crippen molar-refractivity contribution >= 4 is 23.9 Å². The van der Waals surface area contributed by atoms with E-state index in [1.54, 1.807) is 12.1 Å². The molecule has 0 spiro atoms. The Balaban J connectivity index is 1.40. The molecule has 0 aromatic heterocycles. The van der Waals surface area contributed by atoms with E-state index in [0.29, 0.717) is 29.9 Å². The standard InChI is InChI=1S/C18H16O6/c19-15-11-5-3-9(7-13(11)17(21)23-15)1-2-10-4-6-12-14(8-10)18(22)24-16(12)20/h3,5,7,10,12,14H,1-2,4,6,8H2. The van der Waals surface area contributed by atoms with Crippen LogP contribution in [-0.2, 0) is 25.5 Å². The van der Waals surface area contributed by atoms with Crippen LogP contribution in [0.3, 0.4) is 0 Å². The summed E-state index contributed by atoms with van der Waals surface area (Å²) in [6, 6.07) is 5.17. The van der Waals surface area contributed by atoms with E-state index < -0.39 is 11.9 Å². The van der Waals surface area contributed by atoms with Gasteiger partial charge in [0.05, 0.1) is 23.0 Å². The van der Waals surface area contributed by atoms with Crippen LogP contribution in [0.2, 0.25) is 0 Å². The van der Waals surface area contributed by atoms with Crippen LogP contribution in [0.15, 0.2) is 18.2 Å². The van der Waals surface area contributed by atoms with Gasteiger partial charge >= 0.3 is 23.9 Å². The van der Waals surface area contributed by atoms with Crippen molar-refractivity contribution in [2.75, 3.05) is 0 Å². The molecule has 0 amide bonds. The van der Waals surface area contributed by atoms with Gasteiger partial charge in [-0.25, -0.2) is 9.59 Å². The van der Waals surface area contributed by atoms with Crippen molar-refractivity contribution in [3.63, 3.8) is 0 Å². The third-order valence-electron chi connectivity index (χ3n) is 5.32. The Morgan fingerprint density at radius 1 is 0.875 bits per heavy atom. The molecule has 4 rings (SSSR count). The molecule has 6 nitrogen and oxygen atoms in total. The molecule has 1 saturated carbocycles. The van der Waals surface area contributed by atoms with Gasteiger partial charge in [0.15, 0.2) is 0 Å². The number of benzene rings is 1. The van der Waals surface area contributed by atoms with Gasteiger partial charge in [0, 0.05) is 0 Å². The predicted molar refractivity (Wildman–Crippen MR) is 79.9 cm³/mol. The van der Waals surface area contributed by atoms with Gasteiger partial charge in [-0.3, -0.25) is 9.59 Å². The van der Waals surface area contributed by atoms with E-state index >= 15 is 0 Å². The molecule has 2 heterocycles. The second-order valence-electron chi connectivity index (χ2n) is 6.73. The zero-order valence-electron chi connectivity index (χ0n) is 12.9. The summed E-state index contributed by atoms with van der Waals surface area (Å²) >= 11 is 0. The number of fused-ring (bicyclic) bond motifs is 2. The summed E-state index contributed by atoms with van der Waals surface area (Å²) in [4.78, 5) is 46.3. The number of cyclic esters (lactones) is 4. The first-order valence-electron chi connectivity index (χ1n) is 8.18. The van der Waals surface area contributed by atoms with Gasteiger partial charge in [0.1, 0.15) is 0 Å². The first-order chi connectivity index (χ1) is 11.5. The SMILES string of the molecule is O=C1OC(=O)c2cc(CCC3CCC4C(=O)OC(=O)C4C3)ccc21. The highest BCUT2D eigenvalue weighted by Crippen LogP contribution is 2.41. The highest BCUT2D eigenvalue weighted by atomic mass is 16.6. The molecule has 3 atom stereocenters. The summed E-state index contributed by atoms with van der Waals surface area (Å²) in [5.41, 5.74) is 1.61. The molecule has 124 valence electrons. The molecule has 0 bridgehead atoms. The fourth-order valence-corrected chi connectivity index (χ4v) is 3.97. The van der Waals surface area contributed by atoms with Crippen molar-refractivity contribution in [1.29, 1.82) is 0 Å². The minimum Gasteiger partial charge on any atom is -0.393 e. The number of ether oxygens (including phenoxy) is 2. The van der Waals surface area contributed by atoms with E-state index in [2.05, 4.69) is 4.74 Å². The Morgan fingerprint density at radius 2 is 1.62 bits per heavy atom. The van der Waals surface area contributed by atoms with Gasteiger partial charge < -0.3 is 9.47 Å². The van der Waals surface area contributed by atoms with Crippen molar-refractivity contribution in [1.82, 2.24) is 0 Å². The number of aryl methyl sites for hydroxylation is 1. The number of hydrogen-bond donors (Lipinski definition) is 0. The van der Waals surface area contributed by atoms with Gasteiger partial charge in [-0.1, -0.05) is 6.07 Å². The molecule has 1 aliphatic carbocycles. The summed E-state index contributed by atoms with van der Waals surface area (Å²) in [6.07, 6.45) is 3.90. The second kappa shape index (κ2) is 5.54. The molecule has 1 aromatic carbocycles. The lowest BCUT2D eigenvalue weighted by molar-refractivity contribution is -0.153. The zero-order valence-corrected chi connectivity index (χ0v) is 12.9. The minimum absolute atomic E-state index is 0.255. The van der Waals surface area contributed by atoms with Crippen LogP contribution in [0.5, 0.6) is 0 Å². The topological polar surface area (TPSA) is 86.7 Å². The molecule has 2 aliphatic heterocycles. The lowest BCUT2D eigenvalue weighted by atomic mass is 9.73. The van der Waals surface area contributed by atoms with E-state index in [0.717, 1.165) is 24.8 Å². The number of esters is 4. The molecule has 6 heteroatoms. The van der Waals surface area contributed by atoms with E-state index in [9.17, 15) is 19.2 Å². The lowest BCUT2D eigenvalue weighted by Crippen LogP contribution is -2.27. The van der Waals surface area contributed by atoms with Crippen LogP contribution in [-0.4, -0.2) is 23.9 Å². The van der Waals surface area contributed by atoms with Gasteiger partial charge in [-0.05, 0) is 55.7 Å². The maximum Gasteiger partial charge on any atom is 0.346 e. The van der Waals surface area contributed by atoms with Gasteiger partial charge in [-0.15, -0.1) is 0 Å². The summed E-state index contributed by atoms with van der Waals surface area (Å²) in [5.74, 6) is -2.13. The average molecular weight is 328 g/mol. The fraction of sp³-hybridized carbons (Fsp3) is 0.444. The molecule has 3 unspecified atom stereocenters. The molecular formula is C18H16O6. The first-order valence-corrected chi connectivity index (χ1v) is 8.18. The number of carbonyl (C=O) groups excluding carboxylic acids is 4. The van der Waals surface area contributed by atoms with Crippen molar-refractivity contribution in [3.05, 3.63) is 34.9 Å². The Morgan fingerprint density at radius 3 is 2.46 bits per heavy atom. The summed E-state index contributed by atoms with van der Waals surface area (Å²) in [5, 5.41) is 0. The molecule has 1 saturated heterocycles. The quantitative estimate of drug-likeness (QED) is 0.623. The summed E-state index contributed by atoms with van der Waals surface area (Å²) < 4.78 is 9.32. The van der Waals surface area contributed by atoms with E-state index in [1.165, 1.54) is 0 Å². The van der Waals surface area contributed by atoms with Crippen LogP contribution in [0.4, 0.5) is 0 Å². The second-order valence-corrected chi connectivity index (χ2v) is 6.73. The van der Waals surface area contributed by atoms with Gasteiger partial charge in [0.2, 0.25) is 0 Å². The van der Waals surface area contributed by atoms with Crippen molar-refractivity contribution < 1.29 is 28.7 Å². The molecular weight excluding hydrogens is 312 g/mol. The summed E-state index contributed by atoms with van der Waals surface area (Å²) in [6.45, 7) is 0. The highest BCUT2D eigenvalue weighted by Gasteiger charge is 2.47. The molecule has 0 radical (unpaired) electrons. The highest BCUT2D eigenvalue weighted by molar-refractivity contribution is 6.14. The monoisotopic (exact) mass is 328 g/mol. The smallest absolute Gasteiger partial charge is 0.346 e. The largest absolute Gasteiger partial charge is 0.393 e. The Labute approximate surface area is 138 Å². The number of carbonyl (C=O) groups is 4. The third-order valence-corrected chi connectivity index (χ3v) is 5.32. The first kappa shape index (κ1) is 15.1. The van der Waals surface area contributed by atoms with Crippen LogP contribution >= 0.6 is 0 Å². The average Bonchev–Trinajstić information content (AvgIpc) is 3.02. The maximum absolute atomic E-state index is 11.7. The van der Waals surface area contributed by atoms with Crippen LogP contribution in [0.25, 0.3) is 0 Å². The normalized spacial score (nSPS) is 28.4. The van der Waals surface area contributed by atoms with E-state index in [4.69, 9.17) is 4.74 Å². The van der Waals surface area contributed by atoms with Crippen LogP contribution in [0, 0.1) is 17.8 Å². The Hall–Kier alpha value is -2.50. The molecule has 3 aliphatic rings. The van der Waals surface area contributed by atoms with Gasteiger partial charge in [0.25, 0.3) is 0 Å². The minimum atomic E-state index is -0.593. The molecule has 1 aromatic rings. The van der Waals surface area contributed by atoms with E-state index in [-0.39, 0.29) is 23.8 Å². The van der Waals surface area contributed by atoms with Crippen molar-refractivity contribution in [3.8, 4) is 0 Å². The number of hydrogen-bond acceptors (Lipinski definition) is 6. The molecule has 2 fully saturated rings. The number of rotatable bonds is 3. The van der Waals surface area contributed by atoms with Crippen molar-refractivity contribution in [2.45, 2.75) is 32.1 Å². The Bertz CT molecular complexity index is 765. The summed E-state index contributed by atoms with van der Waals surface area (Å²) in [7, 11) is 0. The predicted octanol–water partition coefficient (Wildman–Crippen LogP) is 2.05. The molecule has 0 N–H and O–H groups in total.